The van der Waals surface area contributed by atoms with E-state index in [1.54, 1.807) is 6.07 Å². The second kappa shape index (κ2) is 4.41. The first-order valence-corrected chi connectivity index (χ1v) is 3.49. The summed E-state index contributed by atoms with van der Waals surface area (Å²) in [7, 11) is 0. The van der Waals surface area contributed by atoms with E-state index in [0.29, 0.717) is 6.92 Å². The zero-order valence-corrected chi connectivity index (χ0v) is 7.22. The fraction of sp³-hybridized carbons (Fsp3) is 0.222. The quantitative estimate of drug-likeness (QED) is 0.539. The molecule has 0 heterocycles. The van der Waals surface area contributed by atoms with E-state index in [-0.39, 0.29) is 5.57 Å². The molecule has 0 aliphatic rings. The molecule has 0 aromatic carbocycles. The predicted molar refractivity (Wildman–Crippen MR) is 46.8 cm³/mol. The SMILES string of the molecule is C=C(C#N)/C=C\C=C(/N)C(C)(F)F. The first kappa shape index (κ1) is 11.4. The van der Waals surface area contributed by atoms with Crippen LogP contribution in [0.2, 0.25) is 0 Å². The third-order valence-corrected chi connectivity index (χ3v) is 1.22. The van der Waals surface area contributed by atoms with E-state index in [2.05, 4.69) is 6.58 Å². The van der Waals surface area contributed by atoms with Crippen molar-refractivity contribution in [1.82, 2.24) is 0 Å². The van der Waals surface area contributed by atoms with Crippen molar-refractivity contribution in [2.75, 3.05) is 0 Å². The molecule has 0 atom stereocenters. The van der Waals surface area contributed by atoms with Crippen LogP contribution in [0.1, 0.15) is 6.92 Å². The highest BCUT2D eigenvalue weighted by Crippen LogP contribution is 2.18. The number of nitrogens with two attached hydrogens (primary N) is 1. The molecule has 13 heavy (non-hydrogen) atoms. The van der Waals surface area contributed by atoms with Crippen LogP contribution in [0.3, 0.4) is 0 Å². The van der Waals surface area contributed by atoms with Crippen molar-refractivity contribution in [2.24, 2.45) is 5.73 Å². The fourth-order valence-electron chi connectivity index (χ4n) is 0.452. The molecule has 0 aliphatic carbocycles. The number of hydrogen-bond donors (Lipinski definition) is 1. The maximum atomic E-state index is 12.4. The number of hydrogen-bond acceptors (Lipinski definition) is 2. The van der Waals surface area contributed by atoms with E-state index in [0.717, 1.165) is 6.08 Å². The third-order valence-electron chi connectivity index (χ3n) is 1.22. The number of halogens is 2. The lowest BCUT2D eigenvalue weighted by Crippen LogP contribution is -2.20. The Hall–Kier alpha value is -1.63. The Balaban J connectivity index is 4.39. The summed E-state index contributed by atoms with van der Waals surface area (Å²) in [6, 6.07) is 1.74. The van der Waals surface area contributed by atoms with Gasteiger partial charge in [0.25, 0.3) is 5.92 Å². The van der Waals surface area contributed by atoms with E-state index in [1.165, 1.54) is 12.2 Å². The number of nitrogens with zero attached hydrogens (tertiary/aromatic N) is 1. The topological polar surface area (TPSA) is 49.8 Å². The number of nitriles is 1. The van der Waals surface area contributed by atoms with Gasteiger partial charge in [0.1, 0.15) is 0 Å². The van der Waals surface area contributed by atoms with E-state index < -0.39 is 11.6 Å². The third kappa shape index (κ3) is 4.75. The van der Waals surface area contributed by atoms with Gasteiger partial charge in [0.2, 0.25) is 0 Å². The lowest BCUT2D eigenvalue weighted by atomic mass is 10.2. The second-order valence-electron chi connectivity index (χ2n) is 2.51. The van der Waals surface area contributed by atoms with Gasteiger partial charge in [-0.2, -0.15) is 5.26 Å². The molecule has 0 rings (SSSR count). The Kier molecular flexibility index (Phi) is 3.86. The van der Waals surface area contributed by atoms with Crippen LogP contribution in [0, 0.1) is 11.3 Å². The van der Waals surface area contributed by atoms with Crippen molar-refractivity contribution >= 4 is 0 Å². The maximum absolute atomic E-state index is 12.4. The summed E-state index contributed by atoms with van der Waals surface area (Å²) in [5.41, 5.74) is 4.66. The zero-order valence-electron chi connectivity index (χ0n) is 7.22. The number of alkyl halides is 2. The minimum Gasteiger partial charge on any atom is -0.397 e. The molecular weight excluding hydrogens is 174 g/mol. The molecule has 0 amide bonds. The first-order valence-electron chi connectivity index (χ1n) is 3.49. The first-order chi connectivity index (χ1) is 5.88. The van der Waals surface area contributed by atoms with Crippen LogP contribution in [0.4, 0.5) is 8.78 Å². The van der Waals surface area contributed by atoms with Crippen LogP contribution in [-0.4, -0.2) is 5.92 Å². The monoisotopic (exact) mass is 184 g/mol. The predicted octanol–water partition coefficient (Wildman–Crippen LogP) is 2.12. The van der Waals surface area contributed by atoms with Gasteiger partial charge in [0, 0.05) is 12.5 Å². The molecule has 0 spiro atoms. The molecule has 0 aliphatic heterocycles. The van der Waals surface area contributed by atoms with Gasteiger partial charge < -0.3 is 5.73 Å². The van der Waals surface area contributed by atoms with Crippen LogP contribution in [-0.2, 0) is 0 Å². The van der Waals surface area contributed by atoms with Crippen LogP contribution < -0.4 is 5.73 Å². The zero-order chi connectivity index (χ0) is 10.5. The molecule has 4 heteroatoms. The average Bonchev–Trinajstić information content (AvgIpc) is 2.02. The number of rotatable bonds is 3. The standard InChI is InChI=1S/C9H10F2N2/c1-7(6-12)4-3-5-8(13)9(2,10)11/h3-5H,1,13H2,2H3/b4-3-,8-5-. The normalized spacial score (nSPS) is 12.9. The summed E-state index contributed by atoms with van der Waals surface area (Å²) >= 11 is 0. The highest BCUT2D eigenvalue weighted by atomic mass is 19.3. The van der Waals surface area contributed by atoms with Crippen LogP contribution in [0.15, 0.2) is 36.1 Å². The van der Waals surface area contributed by atoms with E-state index in [4.69, 9.17) is 11.0 Å². The molecule has 0 aromatic heterocycles. The lowest BCUT2D eigenvalue weighted by Gasteiger charge is -2.08. The van der Waals surface area contributed by atoms with Crippen molar-refractivity contribution in [3.05, 3.63) is 36.1 Å². The fourth-order valence-corrected chi connectivity index (χ4v) is 0.452. The van der Waals surface area contributed by atoms with Crippen molar-refractivity contribution in [2.45, 2.75) is 12.8 Å². The largest absolute Gasteiger partial charge is 0.397 e. The van der Waals surface area contributed by atoms with Crippen molar-refractivity contribution in [3.8, 4) is 6.07 Å². The molecule has 0 radical (unpaired) electrons. The number of allylic oxidation sites excluding steroid dienone is 5. The Morgan fingerprint density at radius 3 is 2.54 bits per heavy atom. The Labute approximate surface area is 75.7 Å². The molecule has 0 unspecified atom stereocenters. The van der Waals surface area contributed by atoms with Gasteiger partial charge in [-0.15, -0.1) is 0 Å². The highest BCUT2D eigenvalue weighted by molar-refractivity contribution is 5.32. The Morgan fingerprint density at radius 1 is 1.62 bits per heavy atom. The van der Waals surface area contributed by atoms with Crippen LogP contribution in [0.5, 0.6) is 0 Å². The molecule has 0 fully saturated rings. The van der Waals surface area contributed by atoms with Gasteiger partial charge >= 0.3 is 0 Å². The van der Waals surface area contributed by atoms with Gasteiger partial charge in [-0.1, -0.05) is 12.7 Å². The minimum atomic E-state index is -3.03. The van der Waals surface area contributed by atoms with Crippen molar-refractivity contribution < 1.29 is 8.78 Å². The second-order valence-corrected chi connectivity index (χ2v) is 2.51. The molecule has 70 valence electrons. The molecular formula is C9H10F2N2. The molecule has 0 saturated heterocycles. The van der Waals surface area contributed by atoms with Gasteiger partial charge in [-0.25, -0.2) is 8.78 Å². The van der Waals surface area contributed by atoms with E-state index in [1.807, 2.05) is 0 Å². The van der Waals surface area contributed by atoms with Crippen LogP contribution in [0.25, 0.3) is 0 Å². The molecule has 2 nitrogen and oxygen atoms in total. The maximum Gasteiger partial charge on any atom is 0.284 e. The van der Waals surface area contributed by atoms with Gasteiger partial charge in [-0.05, 0) is 12.2 Å². The average molecular weight is 184 g/mol. The summed E-state index contributed by atoms with van der Waals surface area (Å²) in [6.07, 6.45) is 3.61. The van der Waals surface area contributed by atoms with E-state index >= 15 is 0 Å². The lowest BCUT2D eigenvalue weighted by molar-refractivity contribution is 0.0618. The van der Waals surface area contributed by atoms with Gasteiger partial charge in [0.15, 0.2) is 0 Å². The van der Waals surface area contributed by atoms with E-state index in [9.17, 15) is 8.78 Å². The van der Waals surface area contributed by atoms with Crippen molar-refractivity contribution in [3.63, 3.8) is 0 Å². The van der Waals surface area contributed by atoms with Gasteiger partial charge in [0.05, 0.1) is 11.8 Å². The highest BCUT2D eigenvalue weighted by Gasteiger charge is 2.23. The van der Waals surface area contributed by atoms with Crippen LogP contribution >= 0.6 is 0 Å². The molecule has 0 saturated carbocycles. The summed E-state index contributed by atoms with van der Waals surface area (Å²) in [5.74, 6) is -3.03. The Bertz CT molecular complexity index is 290. The van der Waals surface area contributed by atoms with Gasteiger partial charge in [-0.3, -0.25) is 0 Å². The summed E-state index contributed by atoms with van der Waals surface area (Å²) in [4.78, 5) is 0. The summed E-state index contributed by atoms with van der Waals surface area (Å²) in [6.45, 7) is 4.03. The molecule has 0 aromatic rings. The molecule has 0 bridgehead atoms. The summed E-state index contributed by atoms with van der Waals surface area (Å²) < 4.78 is 24.8. The molecule has 2 N–H and O–H groups in total. The minimum absolute atomic E-state index is 0.184. The van der Waals surface area contributed by atoms with Crippen molar-refractivity contribution in [1.29, 1.82) is 5.26 Å². The summed E-state index contributed by atoms with van der Waals surface area (Å²) in [5, 5.41) is 8.26. The Morgan fingerprint density at radius 2 is 2.15 bits per heavy atom. The smallest absolute Gasteiger partial charge is 0.284 e.